The van der Waals surface area contributed by atoms with Crippen molar-refractivity contribution in [2.75, 3.05) is 19.6 Å². The average molecular weight is 247 g/mol. The van der Waals surface area contributed by atoms with Gasteiger partial charge in [0.1, 0.15) is 17.2 Å². The van der Waals surface area contributed by atoms with Gasteiger partial charge in [0, 0.05) is 31.8 Å². The highest BCUT2D eigenvalue weighted by molar-refractivity contribution is 5.85. The fraction of sp³-hybridized carbons (Fsp3) is 0.400. The molecule has 1 atom stereocenters. The van der Waals surface area contributed by atoms with Crippen LogP contribution in [0.3, 0.4) is 0 Å². The van der Waals surface area contributed by atoms with E-state index in [-0.39, 0.29) is 35.7 Å². The Labute approximate surface area is 99.5 Å². The number of halogens is 1. The molecule has 0 bridgehead atoms. The SMILES string of the molecule is Cl.Oc1cc(O)c([C@H]2CNCCN2)c(O)c1. The Morgan fingerprint density at radius 1 is 1.06 bits per heavy atom. The van der Waals surface area contributed by atoms with Gasteiger partial charge in [0.2, 0.25) is 0 Å². The Morgan fingerprint density at radius 3 is 2.19 bits per heavy atom. The molecule has 1 aliphatic heterocycles. The molecule has 0 aliphatic carbocycles. The minimum absolute atomic E-state index is 0. The van der Waals surface area contributed by atoms with Gasteiger partial charge in [0.25, 0.3) is 0 Å². The van der Waals surface area contributed by atoms with E-state index in [4.69, 9.17) is 5.11 Å². The van der Waals surface area contributed by atoms with Crippen molar-refractivity contribution >= 4 is 12.4 Å². The molecule has 1 aromatic carbocycles. The van der Waals surface area contributed by atoms with Gasteiger partial charge in [-0.25, -0.2) is 0 Å². The first-order valence-electron chi connectivity index (χ1n) is 4.87. The zero-order valence-corrected chi connectivity index (χ0v) is 9.42. The highest BCUT2D eigenvalue weighted by atomic mass is 35.5. The second-order valence-corrected chi connectivity index (χ2v) is 3.61. The summed E-state index contributed by atoms with van der Waals surface area (Å²) in [5.74, 6) is -0.320. The summed E-state index contributed by atoms with van der Waals surface area (Å²) in [6.45, 7) is 2.30. The lowest BCUT2D eigenvalue weighted by Gasteiger charge is -2.26. The monoisotopic (exact) mass is 246 g/mol. The minimum Gasteiger partial charge on any atom is -0.508 e. The standard InChI is InChI=1S/C10H14N2O3.ClH/c13-6-3-8(14)10(9(15)4-6)7-5-11-1-2-12-7;/h3-4,7,11-15H,1-2,5H2;1H/t7-;/m1./s1. The quantitative estimate of drug-likeness (QED) is 0.497. The zero-order chi connectivity index (χ0) is 10.8. The Morgan fingerprint density at radius 2 is 1.69 bits per heavy atom. The van der Waals surface area contributed by atoms with Gasteiger partial charge in [-0.3, -0.25) is 0 Å². The van der Waals surface area contributed by atoms with E-state index in [0.29, 0.717) is 12.1 Å². The molecule has 2 rings (SSSR count). The Bertz CT molecular complexity index is 344. The Balaban J connectivity index is 0.00000128. The first-order chi connectivity index (χ1) is 7.18. The van der Waals surface area contributed by atoms with Gasteiger partial charge in [-0.05, 0) is 0 Å². The molecule has 16 heavy (non-hydrogen) atoms. The van der Waals surface area contributed by atoms with Crippen molar-refractivity contribution in [3.8, 4) is 17.2 Å². The molecule has 1 aromatic rings. The maximum absolute atomic E-state index is 9.64. The minimum atomic E-state index is -0.141. The van der Waals surface area contributed by atoms with Gasteiger partial charge < -0.3 is 26.0 Å². The smallest absolute Gasteiger partial charge is 0.127 e. The molecule has 90 valence electrons. The molecule has 0 spiro atoms. The van der Waals surface area contributed by atoms with E-state index >= 15 is 0 Å². The van der Waals surface area contributed by atoms with Gasteiger partial charge in [-0.1, -0.05) is 0 Å². The number of hydrogen-bond acceptors (Lipinski definition) is 5. The average Bonchev–Trinajstić information content (AvgIpc) is 2.17. The summed E-state index contributed by atoms with van der Waals surface area (Å²) >= 11 is 0. The van der Waals surface area contributed by atoms with Crippen LogP contribution in [0.4, 0.5) is 0 Å². The van der Waals surface area contributed by atoms with E-state index < -0.39 is 0 Å². The molecule has 0 unspecified atom stereocenters. The van der Waals surface area contributed by atoms with Crippen LogP contribution in [0, 0.1) is 0 Å². The maximum atomic E-state index is 9.64. The topological polar surface area (TPSA) is 84.8 Å². The number of benzene rings is 1. The molecule has 0 saturated carbocycles. The van der Waals surface area contributed by atoms with Crippen LogP contribution in [0.15, 0.2) is 12.1 Å². The lowest BCUT2D eigenvalue weighted by atomic mass is 10.0. The molecule has 0 aromatic heterocycles. The predicted octanol–water partition coefficient (Wildman–Crippen LogP) is 0.459. The van der Waals surface area contributed by atoms with Crippen molar-refractivity contribution in [2.45, 2.75) is 6.04 Å². The lowest BCUT2D eigenvalue weighted by molar-refractivity contribution is 0.375. The summed E-state index contributed by atoms with van der Waals surface area (Å²) in [4.78, 5) is 0. The number of aromatic hydroxyl groups is 3. The summed E-state index contributed by atoms with van der Waals surface area (Å²) in [6.07, 6.45) is 0. The van der Waals surface area contributed by atoms with E-state index in [1.54, 1.807) is 0 Å². The number of piperazine rings is 1. The van der Waals surface area contributed by atoms with Crippen molar-refractivity contribution < 1.29 is 15.3 Å². The third kappa shape index (κ3) is 2.49. The van der Waals surface area contributed by atoms with Gasteiger partial charge in [0.15, 0.2) is 0 Å². The first kappa shape index (κ1) is 12.9. The molecular weight excluding hydrogens is 232 g/mol. The fourth-order valence-electron chi connectivity index (χ4n) is 1.82. The fourth-order valence-corrected chi connectivity index (χ4v) is 1.82. The van der Waals surface area contributed by atoms with Gasteiger partial charge in [0.05, 0.1) is 11.6 Å². The normalized spacial score (nSPS) is 20.1. The van der Waals surface area contributed by atoms with E-state index in [9.17, 15) is 10.2 Å². The second kappa shape index (κ2) is 5.25. The van der Waals surface area contributed by atoms with Crippen LogP contribution < -0.4 is 10.6 Å². The molecular formula is C10H15ClN2O3. The van der Waals surface area contributed by atoms with Crippen LogP contribution in [0.2, 0.25) is 0 Å². The molecule has 6 heteroatoms. The van der Waals surface area contributed by atoms with Crippen LogP contribution in [0.5, 0.6) is 17.2 Å². The van der Waals surface area contributed by atoms with Crippen molar-refractivity contribution in [1.29, 1.82) is 0 Å². The predicted molar refractivity (Wildman–Crippen MR) is 62.3 cm³/mol. The molecule has 5 nitrogen and oxygen atoms in total. The van der Waals surface area contributed by atoms with Crippen LogP contribution in [0.1, 0.15) is 11.6 Å². The molecule has 1 fully saturated rings. The number of rotatable bonds is 1. The number of nitrogens with one attached hydrogen (secondary N) is 2. The largest absolute Gasteiger partial charge is 0.508 e. The van der Waals surface area contributed by atoms with E-state index in [1.807, 2.05) is 0 Å². The highest BCUT2D eigenvalue weighted by Gasteiger charge is 2.21. The lowest BCUT2D eigenvalue weighted by Crippen LogP contribution is -2.42. The summed E-state index contributed by atoms with van der Waals surface area (Å²) in [5, 5.41) is 34.8. The Kier molecular flexibility index (Phi) is 4.23. The summed E-state index contributed by atoms with van der Waals surface area (Å²) < 4.78 is 0. The third-order valence-corrected chi connectivity index (χ3v) is 2.51. The van der Waals surface area contributed by atoms with Crippen LogP contribution >= 0.6 is 12.4 Å². The van der Waals surface area contributed by atoms with Crippen LogP contribution in [-0.4, -0.2) is 35.0 Å². The van der Waals surface area contributed by atoms with E-state index in [0.717, 1.165) is 13.1 Å². The summed E-state index contributed by atoms with van der Waals surface area (Å²) in [6, 6.07) is 2.33. The highest BCUT2D eigenvalue weighted by Crippen LogP contribution is 2.36. The van der Waals surface area contributed by atoms with Gasteiger partial charge in [-0.2, -0.15) is 0 Å². The summed E-state index contributed by atoms with van der Waals surface area (Å²) in [5.41, 5.74) is 0.431. The zero-order valence-electron chi connectivity index (χ0n) is 8.60. The molecule has 5 N–H and O–H groups in total. The van der Waals surface area contributed by atoms with Crippen LogP contribution in [0.25, 0.3) is 0 Å². The van der Waals surface area contributed by atoms with Crippen molar-refractivity contribution in [1.82, 2.24) is 10.6 Å². The second-order valence-electron chi connectivity index (χ2n) is 3.61. The van der Waals surface area contributed by atoms with Crippen molar-refractivity contribution in [2.24, 2.45) is 0 Å². The number of phenols is 3. The van der Waals surface area contributed by atoms with E-state index in [2.05, 4.69) is 10.6 Å². The molecule has 1 saturated heterocycles. The first-order valence-corrected chi connectivity index (χ1v) is 4.87. The van der Waals surface area contributed by atoms with Crippen LogP contribution in [-0.2, 0) is 0 Å². The van der Waals surface area contributed by atoms with Gasteiger partial charge >= 0.3 is 0 Å². The molecule has 1 heterocycles. The molecule has 0 amide bonds. The Hall–Kier alpha value is -1.17. The van der Waals surface area contributed by atoms with Crippen molar-refractivity contribution in [3.05, 3.63) is 17.7 Å². The third-order valence-electron chi connectivity index (χ3n) is 2.51. The summed E-state index contributed by atoms with van der Waals surface area (Å²) in [7, 11) is 0. The maximum Gasteiger partial charge on any atom is 0.127 e. The number of hydrogen-bond donors (Lipinski definition) is 5. The van der Waals surface area contributed by atoms with Gasteiger partial charge in [-0.15, -0.1) is 12.4 Å². The number of phenolic OH excluding ortho intramolecular Hbond substituents is 3. The molecule has 0 radical (unpaired) electrons. The van der Waals surface area contributed by atoms with Crippen molar-refractivity contribution in [3.63, 3.8) is 0 Å². The molecule has 1 aliphatic rings. The van der Waals surface area contributed by atoms with E-state index in [1.165, 1.54) is 12.1 Å².